The summed E-state index contributed by atoms with van der Waals surface area (Å²) >= 11 is 5.77. The minimum atomic E-state index is -0.502. The van der Waals surface area contributed by atoms with Crippen molar-refractivity contribution >= 4 is 28.9 Å². The van der Waals surface area contributed by atoms with Crippen molar-refractivity contribution in [3.05, 3.63) is 65.1 Å². The molecule has 0 aliphatic carbocycles. The number of rotatable bonds is 4. The molecule has 0 fully saturated rings. The van der Waals surface area contributed by atoms with E-state index < -0.39 is 5.91 Å². The number of carbonyl (C=O) groups excluding carboxylic acids is 1. The highest BCUT2D eigenvalue weighted by molar-refractivity contribution is 6.30. The summed E-state index contributed by atoms with van der Waals surface area (Å²) in [6.07, 6.45) is 2.97. The molecule has 1 heterocycles. The fourth-order valence-corrected chi connectivity index (χ4v) is 1.71. The quantitative estimate of drug-likeness (QED) is 0.669. The van der Waals surface area contributed by atoms with Crippen LogP contribution in [0.3, 0.4) is 0 Å². The topological polar surface area (TPSA) is 77.8 Å². The van der Waals surface area contributed by atoms with E-state index in [-0.39, 0.29) is 5.57 Å². The van der Waals surface area contributed by atoms with E-state index in [2.05, 4.69) is 15.6 Å². The molecule has 2 aromatic rings. The molecule has 0 spiro atoms. The third-order valence-corrected chi connectivity index (χ3v) is 3.01. The molecule has 2 rings (SSSR count). The summed E-state index contributed by atoms with van der Waals surface area (Å²) in [6.45, 7) is 1.87. The molecule has 5 nitrogen and oxygen atoms in total. The van der Waals surface area contributed by atoms with Crippen LogP contribution in [0.15, 0.2) is 54.4 Å². The number of pyridine rings is 1. The normalized spacial score (nSPS) is 10.7. The smallest absolute Gasteiger partial charge is 0.267 e. The highest BCUT2D eigenvalue weighted by atomic mass is 35.5. The monoisotopic (exact) mass is 312 g/mol. The molecule has 1 aromatic carbocycles. The second kappa shape index (κ2) is 7.25. The molecule has 1 amide bonds. The minimum absolute atomic E-state index is 0.0458. The first-order valence-electron chi connectivity index (χ1n) is 6.45. The average molecular weight is 313 g/mol. The molecule has 0 atom stereocenters. The Morgan fingerprint density at radius 1 is 1.23 bits per heavy atom. The van der Waals surface area contributed by atoms with Crippen molar-refractivity contribution in [2.45, 2.75) is 6.92 Å². The second-order valence-electron chi connectivity index (χ2n) is 4.46. The van der Waals surface area contributed by atoms with Gasteiger partial charge >= 0.3 is 0 Å². The van der Waals surface area contributed by atoms with Crippen molar-refractivity contribution < 1.29 is 4.79 Å². The van der Waals surface area contributed by atoms with Gasteiger partial charge < -0.3 is 10.6 Å². The molecule has 0 aliphatic rings. The van der Waals surface area contributed by atoms with Crippen LogP contribution in [-0.4, -0.2) is 10.9 Å². The van der Waals surface area contributed by atoms with Crippen molar-refractivity contribution in [2.75, 3.05) is 10.6 Å². The minimum Gasteiger partial charge on any atom is -0.359 e. The number of nitrogens with zero attached hydrogens (tertiary/aromatic N) is 2. The second-order valence-corrected chi connectivity index (χ2v) is 4.90. The standard InChI is InChI=1S/C16H13ClN4O/c1-11-2-5-15(10-19-11)20-9-12(8-18)16(22)21-14-6-3-13(17)4-7-14/h2-7,9-10,20H,1H3,(H,21,22)/b12-9-. The predicted molar refractivity (Wildman–Crippen MR) is 86.4 cm³/mol. The molecule has 2 N–H and O–H groups in total. The van der Waals surface area contributed by atoms with Gasteiger partial charge in [-0.2, -0.15) is 5.26 Å². The average Bonchev–Trinajstić information content (AvgIpc) is 2.52. The van der Waals surface area contributed by atoms with Gasteiger partial charge in [0.15, 0.2) is 0 Å². The molecule has 0 aliphatic heterocycles. The van der Waals surface area contributed by atoms with Gasteiger partial charge in [0.25, 0.3) is 5.91 Å². The Balaban J connectivity index is 2.05. The first-order valence-corrected chi connectivity index (χ1v) is 6.82. The summed E-state index contributed by atoms with van der Waals surface area (Å²) in [4.78, 5) is 16.1. The number of amides is 1. The van der Waals surface area contributed by atoms with Crippen molar-refractivity contribution in [2.24, 2.45) is 0 Å². The van der Waals surface area contributed by atoms with Crippen molar-refractivity contribution in [3.63, 3.8) is 0 Å². The number of aryl methyl sites for hydroxylation is 1. The van der Waals surface area contributed by atoms with Gasteiger partial charge in [-0.1, -0.05) is 11.6 Å². The van der Waals surface area contributed by atoms with E-state index in [1.807, 2.05) is 25.1 Å². The number of halogens is 1. The van der Waals surface area contributed by atoms with Gasteiger partial charge in [-0.25, -0.2) is 0 Å². The van der Waals surface area contributed by atoms with Gasteiger partial charge in [0.1, 0.15) is 11.6 Å². The molecule has 0 saturated heterocycles. The largest absolute Gasteiger partial charge is 0.359 e. The van der Waals surface area contributed by atoms with Crippen LogP contribution in [0.4, 0.5) is 11.4 Å². The molecule has 6 heteroatoms. The lowest BCUT2D eigenvalue weighted by atomic mass is 10.2. The summed E-state index contributed by atoms with van der Waals surface area (Å²) in [6, 6.07) is 12.1. The highest BCUT2D eigenvalue weighted by Crippen LogP contribution is 2.14. The summed E-state index contributed by atoms with van der Waals surface area (Å²) in [5.74, 6) is -0.502. The number of hydrogen-bond donors (Lipinski definition) is 2. The zero-order chi connectivity index (χ0) is 15.9. The summed E-state index contributed by atoms with van der Waals surface area (Å²) in [5, 5.41) is 15.1. The Morgan fingerprint density at radius 2 is 1.91 bits per heavy atom. The first kappa shape index (κ1) is 15.5. The molecule has 110 valence electrons. The van der Waals surface area contributed by atoms with E-state index in [9.17, 15) is 4.79 Å². The number of anilines is 2. The Hall–Kier alpha value is -2.84. The fourth-order valence-electron chi connectivity index (χ4n) is 1.59. The van der Waals surface area contributed by atoms with E-state index in [0.717, 1.165) is 5.69 Å². The predicted octanol–water partition coefficient (Wildman–Crippen LogP) is 3.50. The van der Waals surface area contributed by atoms with Crippen molar-refractivity contribution in [1.29, 1.82) is 5.26 Å². The van der Waals surface area contributed by atoms with E-state index in [1.54, 1.807) is 30.5 Å². The Bertz CT molecular complexity index is 730. The van der Waals surface area contributed by atoms with Crippen LogP contribution in [0, 0.1) is 18.3 Å². The summed E-state index contributed by atoms with van der Waals surface area (Å²) in [7, 11) is 0. The van der Waals surface area contributed by atoms with Gasteiger partial charge in [0.05, 0.1) is 11.9 Å². The molecule has 0 saturated carbocycles. The summed E-state index contributed by atoms with van der Waals surface area (Å²) < 4.78 is 0. The Kier molecular flexibility index (Phi) is 5.12. The molecule has 0 unspecified atom stereocenters. The lowest BCUT2D eigenvalue weighted by Crippen LogP contribution is -2.14. The SMILES string of the molecule is Cc1ccc(N/C=C(/C#N)C(=O)Nc2ccc(Cl)cc2)cn1. The number of aromatic nitrogens is 1. The summed E-state index contributed by atoms with van der Waals surface area (Å²) in [5.41, 5.74) is 2.09. The number of nitriles is 1. The van der Waals surface area contributed by atoms with E-state index >= 15 is 0 Å². The Labute approximate surface area is 133 Å². The van der Waals surface area contributed by atoms with Crippen LogP contribution in [0.1, 0.15) is 5.69 Å². The first-order chi connectivity index (χ1) is 10.6. The molecule has 1 aromatic heterocycles. The molecule has 0 bridgehead atoms. The maximum absolute atomic E-state index is 12.0. The van der Waals surface area contributed by atoms with Crippen LogP contribution in [0.2, 0.25) is 5.02 Å². The third kappa shape index (κ3) is 4.33. The maximum Gasteiger partial charge on any atom is 0.267 e. The molecular weight excluding hydrogens is 300 g/mol. The number of benzene rings is 1. The molecule has 0 radical (unpaired) electrons. The van der Waals surface area contributed by atoms with E-state index in [0.29, 0.717) is 16.4 Å². The van der Waals surface area contributed by atoms with E-state index in [4.69, 9.17) is 16.9 Å². The van der Waals surface area contributed by atoms with E-state index in [1.165, 1.54) is 6.20 Å². The van der Waals surface area contributed by atoms with Crippen LogP contribution in [-0.2, 0) is 4.79 Å². The maximum atomic E-state index is 12.0. The number of hydrogen-bond acceptors (Lipinski definition) is 4. The highest BCUT2D eigenvalue weighted by Gasteiger charge is 2.09. The Morgan fingerprint density at radius 3 is 2.50 bits per heavy atom. The van der Waals surface area contributed by atoms with Crippen LogP contribution < -0.4 is 10.6 Å². The van der Waals surface area contributed by atoms with Crippen molar-refractivity contribution in [3.8, 4) is 6.07 Å². The van der Waals surface area contributed by atoms with Crippen LogP contribution in [0.5, 0.6) is 0 Å². The fraction of sp³-hybridized carbons (Fsp3) is 0.0625. The third-order valence-electron chi connectivity index (χ3n) is 2.76. The lowest BCUT2D eigenvalue weighted by Gasteiger charge is -2.05. The molecule has 22 heavy (non-hydrogen) atoms. The van der Waals surface area contributed by atoms with Gasteiger partial charge in [-0.3, -0.25) is 9.78 Å². The number of carbonyl (C=O) groups is 1. The zero-order valence-corrected chi connectivity index (χ0v) is 12.6. The number of nitrogens with one attached hydrogen (secondary N) is 2. The van der Waals surface area contributed by atoms with Gasteiger partial charge in [0, 0.05) is 22.6 Å². The van der Waals surface area contributed by atoms with Crippen LogP contribution in [0.25, 0.3) is 0 Å². The molecular formula is C16H13ClN4O. The zero-order valence-electron chi connectivity index (χ0n) is 11.8. The van der Waals surface area contributed by atoms with Crippen LogP contribution >= 0.6 is 11.6 Å². The van der Waals surface area contributed by atoms with Gasteiger partial charge in [-0.05, 0) is 43.3 Å². The van der Waals surface area contributed by atoms with Crippen molar-refractivity contribution in [1.82, 2.24) is 4.98 Å². The van der Waals surface area contributed by atoms with Gasteiger partial charge in [0.2, 0.25) is 0 Å². The lowest BCUT2D eigenvalue weighted by molar-refractivity contribution is -0.112. The van der Waals surface area contributed by atoms with Gasteiger partial charge in [-0.15, -0.1) is 0 Å².